The second kappa shape index (κ2) is 7.47. The van der Waals surface area contributed by atoms with E-state index in [2.05, 4.69) is 15.3 Å². The fraction of sp³-hybridized carbons (Fsp3) is 0.0556. The number of para-hydroxylation sites is 1. The van der Waals surface area contributed by atoms with Crippen LogP contribution in [-0.2, 0) is 0 Å². The molecule has 1 amide bonds. The Morgan fingerprint density at radius 3 is 2.50 bits per heavy atom. The fourth-order valence-corrected chi connectivity index (χ4v) is 2.72. The molecule has 0 radical (unpaired) electrons. The highest BCUT2D eigenvalue weighted by molar-refractivity contribution is 7.98. The lowest BCUT2D eigenvalue weighted by Crippen LogP contribution is -2.15. The van der Waals surface area contributed by atoms with Gasteiger partial charge in [-0.2, -0.15) is 0 Å². The minimum Gasteiger partial charge on any atom is -0.321 e. The fourth-order valence-electron chi connectivity index (χ4n) is 2.20. The van der Waals surface area contributed by atoms with E-state index >= 15 is 0 Å². The molecule has 2 aromatic carbocycles. The van der Waals surface area contributed by atoms with E-state index in [0.29, 0.717) is 27.1 Å². The van der Waals surface area contributed by atoms with Crippen molar-refractivity contribution in [2.45, 2.75) is 5.16 Å². The highest BCUT2D eigenvalue weighted by Crippen LogP contribution is 2.26. The van der Waals surface area contributed by atoms with Crippen LogP contribution in [0, 0.1) is 0 Å². The SMILES string of the molecule is CSc1ncc(C(=O)Nc2ccccc2Cl)c(-c2ccccc2)n1. The first-order chi connectivity index (χ1) is 11.7. The first-order valence-corrected chi connectivity index (χ1v) is 8.81. The monoisotopic (exact) mass is 355 g/mol. The molecule has 1 N–H and O–H groups in total. The number of carbonyl (C=O) groups is 1. The molecule has 0 aliphatic rings. The number of nitrogens with zero attached hydrogens (tertiary/aromatic N) is 2. The maximum absolute atomic E-state index is 12.7. The lowest BCUT2D eigenvalue weighted by molar-refractivity contribution is 0.102. The van der Waals surface area contributed by atoms with Gasteiger partial charge >= 0.3 is 0 Å². The number of halogens is 1. The molecule has 1 heterocycles. The molecule has 6 heteroatoms. The van der Waals surface area contributed by atoms with E-state index in [1.54, 1.807) is 18.3 Å². The maximum Gasteiger partial charge on any atom is 0.259 e. The van der Waals surface area contributed by atoms with E-state index in [1.807, 2.05) is 48.7 Å². The molecule has 0 spiro atoms. The Balaban J connectivity index is 2.01. The van der Waals surface area contributed by atoms with E-state index in [-0.39, 0.29) is 5.91 Å². The molecule has 24 heavy (non-hydrogen) atoms. The molecule has 120 valence electrons. The van der Waals surface area contributed by atoms with Crippen LogP contribution >= 0.6 is 23.4 Å². The lowest BCUT2D eigenvalue weighted by atomic mass is 10.1. The number of amides is 1. The number of hydrogen-bond donors (Lipinski definition) is 1. The number of carbonyl (C=O) groups excluding carboxylic acids is 1. The molecule has 4 nitrogen and oxygen atoms in total. The Morgan fingerprint density at radius 1 is 1.08 bits per heavy atom. The number of aromatic nitrogens is 2. The standard InChI is InChI=1S/C18H14ClN3OS/c1-24-18-20-11-13(16(22-18)12-7-3-2-4-8-12)17(23)21-15-10-6-5-9-14(15)19/h2-11H,1H3,(H,21,23). The minimum atomic E-state index is -0.297. The number of rotatable bonds is 4. The van der Waals surface area contributed by atoms with Crippen molar-refractivity contribution in [3.05, 3.63) is 71.4 Å². The van der Waals surface area contributed by atoms with Crippen LogP contribution in [0.25, 0.3) is 11.3 Å². The molecule has 0 bridgehead atoms. The minimum absolute atomic E-state index is 0.297. The molecule has 1 aromatic heterocycles. The quantitative estimate of drug-likeness (QED) is 0.541. The first-order valence-electron chi connectivity index (χ1n) is 7.21. The van der Waals surface area contributed by atoms with Gasteiger partial charge in [0.05, 0.1) is 22.0 Å². The van der Waals surface area contributed by atoms with Gasteiger partial charge in [0.15, 0.2) is 5.16 Å². The van der Waals surface area contributed by atoms with E-state index in [9.17, 15) is 4.79 Å². The van der Waals surface area contributed by atoms with Gasteiger partial charge in [-0.3, -0.25) is 4.79 Å². The van der Waals surface area contributed by atoms with Crippen LogP contribution in [-0.4, -0.2) is 22.1 Å². The topological polar surface area (TPSA) is 54.9 Å². The second-order valence-electron chi connectivity index (χ2n) is 4.92. The van der Waals surface area contributed by atoms with Crippen LogP contribution in [0.3, 0.4) is 0 Å². The van der Waals surface area contributed by atoms with Gasteiger partial charge in [0.1, 0.15) is 0 Å². The third-order valence-corrected chi connectivity index (χ3v) is 4.25. The summed E-state index contributed by atoms with van der Waals surface area (Å²) < 4.78 is 0. The first kappa shape index (κ1) is 16.5. The van der Waals surface area contributed by atoms with Crippen molar-refractivity contribution in [3.8, 4) is 11.3 Å². The van der Waals surface area contributed by atoms with Crippen molar-refractivity contribution < 1.29 is 4.79 Å². The molecular weight excluding hydrogens is 342 g/mol. The van der Waals surface area contributed by atoms with E-state index < -0.39 is 0 Å². The molecule has 3 rings (SSSR count). The summed E-state index contributed by atoms with van der Waals surface area (Å²) >= 11 is 7.54. The summed E-state index contributed by atoms with van der Waals surface area (Å²) in [6, 6.07) is 16.7. The smallest absolute Gasteiger partial charge is 0.259 e. The summed E-state index contributed by atoms with van der Waals surface area (Å²) in [4.78, 5) is 21.4. The van der Waals surface area contributed by atoms with Gasteiger partial charge in [0.25, 0.3) is 5.91 Å². The van der Waals surface area contributed by atoms with Gasteiger partial charge in [-0.1, -0.05) is 65.8 Å². The Hall–Kier alpha value is -2.37. The molecule has 0 unspecified atom stereocenters. The predicted molar refractivity (Wildman–Crippen MR) is 98.7 cm³/mol. The van der Waals surface area contributed by atoms with Gasteiger partial charge < -0.3 is 5.32 Å². The van der Waals surface area contributed by atoms with Crippen LogP contribution < -0.4 is 5.32 Å². The normalized spacial score (nSPS) is 10.4. The number of benzene rings is 2. The van der Waals surface area contributed by atoms with Crippen molar-refractivity contribution in [1.82, 2.24) is 9.97 Å². The molecule has 0 saturated heterocycles. The molecule has 0 atom stereocenters. The van der Waals surface area contributed by atoms with Gasteiger partial charge in [0.2, 0.25) is 0 Å². The second-order valence-corrected chi connectivity index (χ2v) is 6.10. The van der Waals surface area contributed by atoms with Crippen LogP contribution in [0.15, 0.2) is 66.0 Å². The number of thioether (sulfide) groups is 1. The average molecular weight is 356 g/mol. The van der Waals surface area contributed by atoms with Crippen LogP contribution in [0.4, 0.5) is 5.69 Å². The summed E-state index contributed by atoms with van der Waals surface area (Å²) in [6.45, 7) is 0. The van der Waals surface area contributed by atoms with Crippen molar-refractivity contribution in [2.24, 2.45) is 0 Å². The average Bonchev–Trinajstić information content (AvgIpc) is 2.63. The van der Waals surface area contributed by atoms with E-state index in [4.69, 9.17) is 11.6 Å². The summed E-state index contributed by atoms with van der Waals surface area (Å²) in [7, 11) is 0. The highest BCUT2D eigenvalue weighted by Gasteiger charge is 2.17. The predicted octanol–water partition coefficient (Wildman–Crippen LogP) is 4.77. The highest BCUT2D eigenvalue weighted by atomic mass is 35.5. The van der Waals surface area contributed by atoms with E-state index in [1.165, 1.54) is 11.8 Å². The maximum atomic E-state index is 12.7. The van der Waals surface area contributed by atoms with Crippen molar-refractivity contribution in [2.75, 3.05) is 11.6 Å². The zero-order chi connectivity index (χ0) is 16.9. The molecule has 0 aliphatic carbocycles. The molecule has 0 saturated carbocycles. The molecule has 3 aromatic rings. The zero-order valence-electron chi connectivity index (χ0n) is 12.9. The Kier molecular flexibility index (Phi) is 5.13. The summed E-state index contributed by atoms with van der Waals surface area (Å²) in [6.07, 6.45) is 3.45. The largest absolute Gasteiger partial charge is 0.321 e. The van der Waals surface area contributed by atoms with Crippen molar-refractivity contribution >= 4 is 35.0 Å². The Bertz CT molecular complexity index is 871. The third kappa shape index (κ3) is 3.58. The van der Waals surface area contributed by atoms with E-state index in [0.717, 1.165) is 5.56 Å². The van der Waals surface area contributed by atoms with Gasteiger partial charge in [-0.25, -0.2) is 9.97 Å². The van der Waals surface area contributed by atoms with Crippen molar-refractivity contribution in [3.63, 3.8) is 0 Å². The number of hydrogen-bond acceptors (Lipinski definition) is 4. The lowest BCUT2D eigenvalue weighted by Gasteiger charge is -2.11. The zero-order valence-corrected chi connectivity index (χ0v) is 14.4. The Labute approximate surface area is 149 Å². The van der Waals surface area contributed by atoms with Gasteiger partial charge in [0, 0.05) is 11.8 Å². The third-order valence-electron chi connectivity index (χ3n) is 3.36. The van der Waals surface area contributed by atoms with Crippen LogP contribution in [0.1, 0.15) is 10.4 Å². The van der Waals surface area contributed by atoms with Crippen LogP contribution in [0.5, 0.6) is 0 Å². The Morgan fingerprint density at radius 2 is 1.79 bits per heavy atom. The summed E-state index contributed by atoms with van der Waals surface area (Å²) in [5.41, 5.74) is 2.41. The summed E-state index contributed by atoms with van der Waals surface area (Å²) in [5.74, 6) is -0.297. The van der Waals surface area contributed by atoms with Gasteiger partial charge in [-0.05, 0) is 18.4 Å². The molecule has 0 fully saturated rings. The van der Waals surface area contributed by atoms with Crippen molar-refractivity contribution in [1.29, 1.82) is 0 Å². The number of anilines is 1. The summed E-state index contributed by atoms with van der Waals surface area (Å²) in [5, 5.41) is 3.91. The van der Waals surface area contributed by atoms with Gasteiger partial charge in [-0.15, -0.1) is 0 Å². The molecular formula is C18H14ClN3OS. The molecule has 0 aliphatic heterocycles. The number of nitrogens with one attached hydrogen (secondary N) is 1. The van der Waals surface area contributed by atoms with Crippen LogP contribution in [0.2, 0.25) is 5.02 Å².